The number of unbranched alkanes of at least 4 members (excludes halogenated alkanes) is 23. The number of aliphatic hydroxyl groups is 3. The third-order valence-corrected chi connectivity index (χ3v) is 9.10. The lowest BCUT2D eigenvalue weighted by molar-refractivity contribution is -0.124. The molecule has 0 aromatic carbocycles. The molecule has 0 bridgehead atoms. The molecule has 0 aliphatic carbocycles. The van der Waals surface area contributed by atoms with Crippen LogP contribution in [0.5, 0.6) is 0 Å². The van der Waals surface area contributed by atoms with Crippen molar-refractivity contribution in [2.24, 2.45) is 0 Å². The lowest BCUT2D eigenvalue weighted by atomic mass is 10.0. The fourth-order valence-corrected chi connectivity index (χ4v) is 5.94. The fourth-order valence-electron chi connectivity index (χ4n) is 5.94. The molecule has 4 N–H and O–H groups in total. The first kappa shape index (κ1) is 46.3. The average Bonchev–Trinajstić information content (AvgIpc) is 3.08. The summed E-state index contributed by atoms with van der Waals surface area (Å²) in [5.41, 5.74) is 0. The summed E-state index contributed by atoms with van der Waals surface area (Å²) in [4.78, 5) is 12.3. The molecule has 0 saturated carbocycles. The molecule has 0 aromatic rings. The van der Waals surface area contributed by atoms with Crippen molar-refractivity contribution in [2.45, 2.75) is 212 Å². The highest BCUT2D eigenvalue weighted by molar-refractivity contribution is 5.77. The first-order chi connectivity index (χ1) is 23.5. The number of hydrogen-bond acceptors (Lipinski definition) is 4. The van der Waals surface area contributed by atoms with E-state index >= 15 is 0 Å². The molecule has 3 unspecified atom stereocenters. The van der Waals surface area contributed by atoms with Gasteiger partial charge in [0, 0.05) is 0 Å². The number of amides is 1. The van der Waals surface area contributed by atoms with E-state index in [0.29, 0.717) is 0 Å². The van der Waals surface area contributed by atoms with Crippen LogP contribution in [-0.4, -0.2) is 46.1 Å². The molecule has 0 aromatic heterocycles. The lowest BCUT2D eigenvalue weighted by Gasteiger charge is -2.20. The SMILES string of the molecule is CCCCCCCC/C=C\C/C=C\C(O)CC(=O)NC(CO)C(O)/C=C/CC/C=C/CCCCCCCCCCCCCCCCCC. The van der Waals surface area contributed by atoms with E-state index in [1.54, 1.807) is 12.2 Å². The number of nitrogens with one attached hydrogen (secondary N) is 1. The molecule has 48 heavy (non-hydrogen) atoms. The van der Waals surface area contributed by atoms with Crippen LogP contribution in [0.15, 0.2) is 48.6 Å². The third kappa shape index (κ3) is 34.2. The van der Waals surface area contributed by atoms with Gasteiger partial charge in [-0.3, -0.25) is 4.79 Å². The van der Waals surface area contributed by atoms with Gasteiger partial charge in [-0.1, -0.05) is 191 Å². The maximum absolute atomic E-state index is 12.3. The van der Waals surface area contributed by atoms with Crippen molar-refractivity contribution in [3.8, 4) is 0 Å². The molecule has 0 saturated heterocycles. The first-order valence-corrected chi connectivity index (χ1v) is 20.4. The topological polar surface area (TPSA) is 89.8 Å². The van der Waals surface area contributed by atoms with Gasteiger partial charge in [0.2, 0.25) is 5.91 Å². The van der Waals surface area contributed by atoms with Gasteiger partial charge >= 0.3 is 0 Å². The van der Waals surface area contributed by atoms with Gasteiger partial charge in [-0.15, -0.1) is 0 Å². The van der Waals surface area contributed by atoms with E-state index in [0.717, 1.165) is 32.1 Å². The third-order valence-electron chi connectivity index (χ3n) is 9.10. The predicted molar refractivity (Wildman–Crippen MR) is 208 cm³/mol. The molecule has 280 valence electrons. The Morgan fingerprint density at radius 1 is 0.521 bits per heavy atom. The Balaban J connectivity index is 3.78. The normalized spacial score (nSPS) is 14.2. The number of rotatable bonds is 36. The minimum atomic E-state index is -0.975. The Morgan fingerprint density at radius 2 is 0.938 bits per heavy atom. The van der Waals surface area contributed by atoms with E-state index in [4.69, 9.17) is 0 Å². The monoisotopic (exact) mass is 674 g/mol. The predicted octanol–water partition coefficient (Wildman–Crippen LogP) is 11.4. The van der Waals surface area contributed by atoms with E-state index in [-0.39, 0.29) is 13.0 Å². The van der Waals surface area contributed by atoms with Crippen molar-refractivity contribution in [3.63, 3.8) is 0 Å². The van der Waals surface area contributed by atoms with Crippen LogP contribution >= 0.6 is 0 Å². The fraction of sp³-hybridized carbons (Fsp3) is 0.791. The van der Waals surface area contributed by atoms with E-state index in [2.05, 4.69) is 43.5 Å². The molecule has 3 atom stereocenters. The van der Waals surface area contributed by atoms with Crippen molar-refractivity contribution >= 4 is 5.91 Å². The average molecular weight is 674 g/mol. The standard InChI is InChI=1S/C43H79NO4/c1-3-5-7-9-11-13-15-16-17-18-19-20-21-22-23-24-25-27-29-31-33-35-37-42(47)41(39-45)44-43(48)38-40(46)36-34-32-30-28-26-14-12-10-8-6-4-2/h27-30,34-37,40-42,45-47H,3-26,31-33,38-39H2,1-2H3,(H,44,48)/b29-27+,30-28-,36-34-,37-35+. The Kier molecular flexibility index (Phi) is 36.8. The summed E-state index contributed by atoms with van der Waals surface area (Å²) in [5.74, 6) is -0.394. The maximum atomic E-state index is 12.3. The van der Waals surface area contributed by atoms with Crippen molar-refractivity contribution in [1.82, 2.24) is 5.32 Å². The van der Waals surface area contributed by atoms with Crippen LogP contribution in [0.3, 0.4) is 0 Å². The summed E-state index contributed by atoms with van der Waals surface area (Å²) in [6, 6.07) is -0.791. The summed E-state index contributed by atoms with van der Waals surface area (Å²) in [5, 5.41) is 32.9. The molecule has 0 rings (SSSR count). The van der Waals surface area contributed by atoms with Gasteiger partial charge in [0.15, 0.2) is 0 Å². The molecule has 0 aliphatic heterocycles. The quantitative estimate of drug-likeness (QED) is 0.0393. The van der Waals surface area contributed by atoms with Gasteiger partial charge in [0.05, 0.1) is 31.3 Å². The molecule has 0 spiro atoms. The van der Waals surface area contributed by atoms with Gasteiger partial charge in [-0.25, -0.2) is 0 Å². The molecule has 0 fully saturated rings. The van der Waals surface area contributed by atoms with Crippen LogP contribution in [0.1, 0.15) is 194 Å². The van der Waals surface area contributed by atoms with Crippen LogP contribution in [0.4, 0.5) is 0 Å². The number of hydrogen-bond donors (Lipinski definition) is 4. The van der Waals surface area contributed by atoms with Crippen molar-refractivity contribution in [1.29, 1.82) is 0 Å². The molecule has 1 amide bonds. The number of allylic oxidation sites excluding steroid dienone is 6. The van der Waals surface area contributed by atoms with Gasteiger partial charge in [-0.2, -0.15) is 0 Å². The van der Waals surface area contributed by atoms with Crippen LogP contribution < -0.4 is 5.32 Å². The zero-order chi connectivity index (χ0) is 35.2. The number of carbonyl (C=O) groups is 1. The smallest absolute Gasteiger partial charge is 0.223 e. The van der Waals surface area contributed by atoms with Crippen LogP contribution in [0.25, 0.3) is 0 Å². The Labute approximate surface area is 297 Å². The maximum Gasteiger partial charge on any atom is 0.223 e. The largest absolute Gasteiger partial charge is 0.394 e. The second kappa shape index (κ2) is 38.1. The zero-order valence-corrected chi connectivity index (χ0v) is 31.6. The van der Waals surface area contributed by atoms with E-state index in [1.807, 2.05) is 12.2 Å². The highest BCUT2D eigenvalue weighted by atomic mass is 16.3. The van der Waals surface area contributed by atoms with Crippen LogP contribution in [-0.2, 0) is 4.79 Å². The Morgan fingerprint density at radius 3 is 1.42 bits per heavy atom. The lowest BCUT2D eigenvalue weighted by Crippen LogP contribution is -2.45. The van der Waals surface area contributed by atoms with Crippen molar-refractivity contribution < 1.29 is 20.1 Å². The van der Waals surface area contributed by atoms with Crippen LogP contribution in [0, 0.1) is 0 Å². The Hall–Kier alpha value is -1.69. The summed E-state index contributed by atoms with van der Waals surface area (Å²) < 4.78 is 0. The Bertz CT molecular complexity index is 790. The summed E-state index contributed by atoms with van der Waals surface area (Å²) in [6.45, 7) is 4.15. The second-order valence-corrected chi connectivity index (χ2v) is 13.9. The summed E-state index contributed by atoms with van der Waals surface area (Å²) in [7, 11) is 0. The molecule has 0 aliphatic rings. The van der Waals surface area contributed by atoms with Crippen molar-refractivity contribution in [3.05, 3.63) is 48.6 Å². The molecular formula is C43H79NO4. The van der Waals surface area contributed by atoms with Gasteiger partial charge in [0.25, 0.3) is 0 Å². The van der Waals surface area contributed by atoms with E-state index < -0.39 is 24.2 Å². The zero-order valence-electron chi connectivity index (χ0n) is 31.6. The number of carbonyl (C=O) groups excluding carboxylic acids is 1. The van der Waals surface area contributed by atoms with Gasteiger partial charge < -0.3 is 20.6 Å². The molecular weight excluding hydrogens is 594 g/mol. The highest BCUT2D eigenvalue weighted by Crippen LogP contribution is 2.14. The van der Waals surface area contributed by atoms with Gasteiger partial charge in [0.1, 0.15) is 0 Å². The molecule has 5 nitrogen and oxygen atoms in total. The highest BCUT2D eigenvalue weighted by Gasteiger charge is 2.19. The van der Waals surface area contributed by atoms with Crippen molar-refractivity contribution in [2.75, 3.05) is 6.61 Å². The number of aliphatic hydroxyl groups excluding tert-OH is 3. The minimum absolute atomic E-state index is 0.102. The second-order valence-electron chi connectivity index (χ2n) is 13.9. The minimum Gasteiger partial charge on any atom is -0.394 e. The van der Waals surface area contributed by atoms with Gasteiger partial charge in [-0.05, 0) is 44.9 Å². The summed E-state index contributed by atoms with van der Waals surface area (Å²) >= 11 is 0. The molecule has 5 heteroatoms. The summed E-state index contributed by atoms with van der Waals surface area (Å²) in [6.07, 6.45) is 48.5. The molecule has 0 radical (unpaired) electrons. The van der Waals surface area contributed by atoms with E-state index in [1.165, 1.54) is 141 Å². The molecule has 0 heterocycles. The van der Waals surface area contributed by atoms with E-state index in [9.17, 15) is 20.1 Å². The first-order valence-electron chi connectivity index (χ1n) is 20.4. The van der Waals surface area contributed by atoms with Crippen LogP contribution in [0.2, 0.25) is 0 Å².